The second kappa shape index (κ2) is 7.65. The van der Waals surface area contributed by atoms with Crippen LogP contribution < -0.4 is 10.1 Å². The fourth-order valence-electron chi connectivity index (χ4n) is 1.68. The first-order chi connectivity index (χ1) is 9.33. The maximum absolute atomic E-state index is 10.3. The monoisotopic (exact) mass is 279 g/mol. The maximum Gasteiger partial charge on any atom is 0.123 e. The van der Waals surface area contributed by atoms with Crippen molar-refractivity contribution in [2.24, 2.45) is 11.8 Å². The fraction of sp³-hybridized carbons (Fsp3) is 0.647. The summed E-state index contributed by atoms with van der Waals surface area (Å²) >= 11 is 0. The van der Waals surface area contributed by atoms with Crippen LogP contribution in [0.2, 0.25) is 0 Å². The van der Waals surface area contributed by atoms with E-state index in [1.807, 2.05) is 39.0 Å². The standard InChI is InChI=1S/C17H29NO2/c1-13(2)10-18-11-15-8-6-7-9-16(15)20-12-17(5,19)14(3)4/h6-9,13-14,18-19H,10-12H2,1-5H3. The zero-order valence-corrected chi connectivity index (χ0v) is 13.4. The molecule has 0 spiro atoms. The Hall–Kier alpha value is -1.06. The van der Waals surface area contributed by atoms with E-state index in [-0.39, 0.29) is 5.92 Å². The van der Waals surface area contributed by atoms with E-state index < -0.39 is 5.60 Å². The third-order valence-corrected chi connectivity index (χ3v) is 3.60. The maximum atomic E-state index is 10.3. The van der Waals surface area contributed by atoms with Crippen molar-refractivity contribution in [3.05, 3.63) is 29.8 Å². The number of ether oxygens (including phenoxy) is 1. The highest BCUT2D eigenvalue weighted by atomic mass is 16.5. The van der Waals surface area contributed by atoms with E-state index in [0.717, 1.165) is 24.4 Å². The summed E-state index contributed by atoms with van der Waals surface area (Å²) in [7, 11) is 0. The topological polar surface area (TPSA) is 41.5 Å². The Morgan fingerprint density at radius 2 is 1.85 bits per heavy atom. The average molecular weight is 279 g/mol. The van der Waals surface area contributed by atoms with Gasteiger partial charge in [-0.15, -0.1) is 0 Å². The van der Waals surface area contributed by atoms with Crippen LogP contribution in [-0.2, 0) is 6.54 Å². The molecule has 0 aliphatic rings. The lowest BCUT2D eigenvalue weighted by Gasteiger charge is -2.28. The molecule has 0 amide bonds. The van der Waals surface area contributed by atoms with Crippen LogP contribution in [0.5, 0.6) is 5.75 Å². The summed E-state index contributed by atoms with van der Waals surface area (Å²) < 4.78 is 5.83. The normalized spacial score (nSPS) is 14.6. The molecule has 0 radical (unpaired) electrons. The zero-order chi connectivity index (χ0) is 15.2. The van der Waals surface area contributed by atoms with Gasteiger partial charge in [-0.1, -0.05) is 45.9 Å². The van der Waals surface area contributed by atoms with Crippen LogP contribution in [0.15, 0.2) is 24.3 Å². The highest BCUT2D eigenvalue weighted by molar-refractivity contribution is 5.33. The number of hydrogen-bond donors (Lipinski definition) is 2. The van der Waals surface area contributed by atoms with Crippen LogP contribution in [0, 0.1) is 11.8 Å². The molecule has 114 valence electrons. The molecule has 0 heterocycles. The van der Waals surface area contributed by atoms with Gasteiger partial charge in [-0.2, -0.15) is 0 Å². The number of aliphatic hydroxyl groups is 1. The second-order valence-corrected chi connectivity index (χ2v) is 6.43. The van der Waals surface area contributed by atoms with E-state index in [0.29, 0.717) is 12.5 Å². The molecule has 0 bridgehead atoms. The first-order valence-corrected chi connectivity index (χ1v) is 7.46. The molecule has 1 unspecified atom stereocenters. The summed E-state index contributed by atoms with van der Waals surface area (Å²) in [6.45, 7) is 12.3. The average Bonchev–Trinajstić information content (AvgIpc) is 2.37. The molecular formula is C17H29NO2. The largest absolute Gasteiger partial charge is 0.490 e. The van der Waals surface area contributed by atoms with Crippen molar-refractivity contribution in [3.63, 3.8) is 0 Å². The smallest absolute Gasteiger partial charge is 0.123 e. The van der Waals surface area contributed by atoms with E-state index in [9.17, 15) is 5.11 Å². The van der Waals surface area contributed by atoms with Crippen molar-refractivity contribution in [3.8, 4) is 5.75 Å². The minimum Gasteiger partial charge on any atom is -0.490 e. The Balaban J connectivity index is 2.61. The van der Waals surface area contributed by atoms with E-state index >= 15 is 0 Å². The summed E-state index contributed by atoms with van der Waals surface area (Å²) in [6, 6.07) is 8.00. The number of nitrogens with one attached hydrogen (secondary N) is 1. The van der Waals surface area contributed by atoms with Gasteiger partial charge in [0.05, 0.1) is 5.60 Å². The van der Waals surface area contributed by atoms with Crippen LogP contribution in [0.4, 0.5) is 0 Å². The fourth-order valence-corrected chi connectivity index (χ4v) is 1.68. The van der Waals surface area contributed by atoms with Gasteiger partial charge in [-0.05, 0) is 31.4 Å². The predicted molar refractivity (Wildman–Crippen MR) is 83.9 cm³/mol. The number of hydrogen-bond acceptors (Lipinski definition) is 3. The van der Waals surface area contributed by atoms with Crippen molar-refractivity contribution in [1.29, 1.82) is 0 Å². The quantitative estimate of drug-likeness (QED) is 0.767. The van der Waals surface area contributed by atoms with Crippen LogP contribution in [0.3, 0.4) is 0 Å². The first kappa shape index (κ1) is 17.0. The van der Waals surface area contributed by atoms with Crippen molar-refractivity contribution in [1.82, 2.24) is 5.32 Å². The molecule has 1 aromatic rings. The molecule has 0 aliphatic carbocycles. The van der Waals surface area contributed by atoms with Crippen LogP contribution in [0.25, 0.3) is 0 Å². The van der Waals surface area contributed by atoms with Crippen LogP contribution in [0.1, 0.15) is 40.2 Å². The molecule has 1 rings (SSSR count). The molecule has 1 atom stereocenters. The Bertz CT molecular complexity index is 400. The lowest BCUT2D eigenvalue weighted by atomic mass is 9.94. The lowest BCUT2D eigenvalue weighted by molar-refractivity contribution is -0.0268. The predicted octanol–water partition coefficient (Wildman–Crippen LogP) is 3.22. The van der Waals surface area contributed by atoms with Gasteiger partial charge >= 0.3 is 0 Å². The molecule has 20 heavy (non-hydrogen) atoms. The van der Waals surface area contributed by atoms with E-state index in [4.69, 9.17) is 4.74 Å². The van der Waals surface area contributed by atoms with E-state index in [1.54, 1.807) is 0 Å². The summed E-state index contributed by atoms with van der Waals surface area (Å²) in [5.74, 6) is 1.64. The molecule has 3 heteroatoms. The molecule has 0 aliphatic heterocycles. The molecule has 3 nitrogen and oxygen atoms in total. The van der Waals surface area contributed by atoms with Gasteiger partial charge in [0.2, 0.25) is 0 Å². The molecule has 0 saturated carbocycles. The molecule has 2 N–H and O–H groups in total. The molecule has 1 aromatic carbocycles. The first-order valence-electron chi connectivity index (χ1n) is 7.46. The number of para-hydroxylation sites is 1. The van der Waals surface area contributed by atoms with Crippen LogP contribution in [-0.4, -0.2) is 23.9 Å². The van der Waals surface area contributed by atoms with Crippen molar-refractivity contribution in [2.45, 2.75) is 46.8 Å². The highest BCUT2D eigenvalue weighted by Crippen LogP contribution is 2.22. The van der Waals surface area contributed by atoms with Gasteiger partial charge in [0, 0.05) is 12.1 Å². The van der Waals surface area contributed by atoms with E-state index in [1.165, 1.54) is 0 Å². The molecular weight excluding hydrogens is 250 g/mol. The number of rotatable bonds is 8. The Labute approximate surface area is 123 Å². The van der Waals surface area contributed by atoms with Crippen molar-refractivity contribution in [2.75, 3.05) is 13.2 Å². The SMILES string of the molecule is CC(C)CNCc1ccccc1OCC(C)(O)C(C)C. The minimum atomic E-state index is -0.807. The van der Waals surface area contributed by atoms with Crippen molar-refractivity contribution < 1.29 is 9.84 Å². The summed E-state index contributed by atoms with van der Waals surface area (Å²) in [4.78, 5) is 0. The lowest BCUT2D eigenvalue weighted by Crippen LogP contribution is -2.38. The van der Waals surface area contributed by atoms with E-state index in [2.05, 4.69) is 25.2 Å². The van der Waals surface area contributed by atoms with Gasteiger partial charge in [0.15, 0.2) is 0 Å². The zero-order valence-electron chi connectivity index (χ0n) is 13.4. The summed E-state index contributed by atoms with van der Waals surface area (Å²) in [6.07, 6.45) is 0. The Morgan fingerprint density at radius 3 is 2.45 bits per heavy atom. The Kier molecular flexibility index (Phi) is 6.50. The Morgan fingerprint density at radius 1 is 1.20 bits per heavy atom. The highest BCUT2D eigenvalue weighted by Gasteiger charge is 2.26. The van der Waals surface area contributed by atoms with Gasteiger partial charge < -0.3 is 15.2 Å². The third-order valence-electron chi connectivity index (χ3n) is 3.60. The molecule has 0 aromatic heterocycles. The van der Waals surface area contributed by atoms with Crippen LogP contribution >= 0.6 is 0 Å². The van der Waals surface area contributed by atoms with Gasteiger partial charge in [0.1, 0.15) is 12.4 Å². The van der Waals surface area contributed by atoms with Gasteiger partial charge in [0.25, 0.3) is 0 Å². The summed E-state index contributed by atoms with van der Waals surface area (Å²) in [5.41, 5.74) is 0.325. The molecule has 0 fully saturated rings. The third kappa shape index (κ3) is 5.51. The van der Waals surface area contributed by atoms with Gasteiger partial charge in [-0.25, -0.2) is 0 Å². The van der Waals surface area contributed by atoms with Gasteiger partial charge in [-0.3, -0.25) is 0 Å². The summed E-state index contributed by atoms with van der Waals surface area (Å²) in [5, 5.41) is 13.7. The minimum absolute atomic E-state index is 0.161. The second-order valence-electron chi connectivity index (χ2n) is 6.43. The molecule has 0 saturated heterocycles. The van der Waals surface area contributed by atoms with Crippen molar-refractivity contribution >= 4 is 0 Å². The number of benzene rings is 1.